The molecule has 0 radical (unpaired) electrons. The van der Waals surface area contributed by atoms with Gasteiger partial charge in [-0.1, -0.05) is 36.2 Å². The standard InChI is InChI=1S/C16H21Cl2N/c1-3-5-6-7-14(19-10-4-2)11-13-8-9-15(17)16(18)12-13/h8-9,12,14,19H,4,6-7,10-11H2,1-2H3. The minimum absolute atomic E-state index is 0.443. The Balaban J connectivity index is 2.62. The topological polar surface area (TPSA) is 12.0 Å². The summed E-state index contributed by atoms with van der Waals surface area (Å²) in [4.78, 5) is 0. The summed E-state index contributed by atoms with van der Waals surface area (Å²) in [6, 6.07) is 6.30. The zero-order chi connectivity index (χ0) is 14.1. The fraction of sp³-hybridized carbons (Fsp3) is 0.500. The van der Waals surface area contributed by atoms with Crippen LogP contribution in [-0.4, -0.2) is 12.6 Å². The summed E-state index contributed by atoms with van der Waals surface area (Å²) in [5.74, 6) is 6.07. The van der Waals surface area contributed by atoms with E-state index >= 15 is 0 Å². The largest absolute Gasteiger partial charge is 0.314 e. The molecule has 3 heteroatoms. The Kier molecular flexibility index (Phi) is 7.98. The van der Waals surface area contributed by atoms with Crippen LogP contribution < -0.4 is 5.32 Å². The number of halogens is 2. The minimum atomic E-state index is 0.443. The van der Waals surface area contributed by atoms with Gasteiger partial charge in [0.25, 0.3) is 0 Å². The number of benzene rings is 1. The quantitative estimate of drug-likeness (QED) is 0.719. The Labute approximate surface area is 126 Å². The molecule has 1 atom stereocenters. The molecule has 1 nitrogen and oxygen atoms in total. The van der Waals surface area contributed by atoms with E-state index in [4.69, 9.17) is 23.2 Å². The van der Waals surface area contributed by atoms with Crippen LogP contribution in [-0.2, 0) is 6.42 Å². The lowest BCUT2D eigenvalue weighted by molar-refractivity contribution is 0.483. The minimum Gasteiger partial charge on any atom is -0.314 e. The first-order valence-electron chi connectivity index (χ1n) is 6.74. The fourth-order valence-electron chi connectivity index (χ4n) is 1.95. The van der Waals surface area contributed by atoms with Gasteiger partial charge in [0.2, 0.25) is 0 Å². The molecule has 1 aromatic carbocycles. The maximum absolute atomic E-state index is 6.05. The Morgan fingerprint density at radius 1 is 1.26 bits per heavy atom. The molecular weight excluding hydrogens is 277 g/mol. The maximum atomic E-state index is 6.05. The monoisotopic (exact) mass is 297 g/mol. The molecule has 0 bridgehead atoms. The van der Waals surface area contributed by atoms with Gasteiger partial charge in [-0.05, 0) is 50.4 Å². The van der Waals surface area contributed by atoms with E-state index in [1.165, 1.54) is 5.56 Å². The van der Waals surface area contributed by atoms with Crippen LogP contribution in [0, 0.1) is 11.8 Å². The number of hydrogen-bond donors (Lipinski definition) is 1. The second-order valence-corrected chi connectivity index (χ2v) is 5.38. The predicted octanol–water partition coefficient (Wildman–Crippen LogP) is 4.71. The van der Waals surface area contributed by atoms with E-state index in [9.17, 15) is 0 Å². The Bertz CT molecular complexity index is 446. The highest BCUT2D eigenvalue weighted by Gasteiger charge is 2.09. The smallest absolute Gasteiger partial charge is 0.0595 e. The molecule has 0 saturated heterocycles. The lowest BCUT2D eigenvalue weighted by Gasteiger charge is -2.18. The van der Waals surface area contributed by atoms with E-state index in [0.717, 1.165) is 32.2 Å². The average molecular weight is 298 g/mol. The molecule has 0 saturated carbocycles. The van der Waals surface area contributed by atoms with Gasteiger partial charge in [0.1, 0.15) is 0 Å². The van der Waals surface area contributed by atoms with Crippen molar-refractivity contribution < 1.29 is 0 Å². The van der Waals surface area contributed by atoms with E-state index in [2.05, 4.69) is 24.1 Å². The third kappa shape index (κ3) is 6.34. The van der Waals surface area contributed by atoms with Gasteiger partial charge in [0.05, 0.1) is 10.0 Å². The van der Waals surface area contributed by atoms with Crippen molar-refractivity contribution in [3.05, 3.63) is 33.8 Å². The lowest BCUT2D eigenvalue weighted by Crippen LogP contribution is -2.31. The van der Waals surface area contributed by atoms with Crippen molar-refractivity contribution >= 4 is 23.2 Å². The van der Waals surface area contributed by atoms with Gasteiger partial charge in [0, 0.05) is 12.5 Å². The molecule has 19 heavy (non-hydrogen) atoms. The third-order valence-electron chi connectivity index (χ3n) is 2.94. The van der Waals surface area contributed by atoms with Gasteiger partial charge in [-0.3, -0.25) is 0 Å². The fourth-order valence-corrected chi connectivity index (χ4v) is 2.27. The molecule has 0 heterocycles. The zero-order valence-corrected chi connectivity index (χ0v) is 13.1. The van der Waals surface area contributed by atoms with Crippen LogP contribution >= 0.6 is 23.2 Å². The molecular formula is C16H21Cl2N. The van der Waals surface area contributed by atoms with Crippen LogP contribution in [0.5, 0.6) is 0 Å². The molecule has 0 fully saturated rings. The average Bonchev–Trinajstić information content (AvgIpc) is 2.40. The molecule has 0 aliphatic rings. The van der Waals surface area contributed by atoms with Gasteiger partial charge in [-0.25, -0.2) is 0 Å². The summed E-state index contributed by atoms with van der Waals surface area (Å²) in [5, 5.41) is 4.81. The molecule has 0 aliphatic heterocycles. The van der Waals surface area contributed by atoms with E-state index in [0.29, 0.717) is 16.1 Å². The first-order valence-corrected chi connectivity index (χ1v) is 7.49. The van der Waals surface area contributed by atoms with E-state index in [1.54, 1.807) is 0 Å². The number of hydrogen-bond acceptors (Lipinski definition) is 1. The molecule has 0 aliphatic carbocycles. The van der Waals surface area contributed by atoms with Crippen molar-refractivity contribution in [1.29, 1.82) is 0 Å². The highest BCUT2D eigenvalue weighted by Crippen LogP contribution is 2.23. The predicted molar refractivity (Wildman–Crippen MR) is 84.9 cm³/mol. The van der Waals surface area contributed by atoms with Gasteiger partial charge < -0.3 is 5.32 Å². The van der Waals surface area contributed by atoms with Crippen molar-refractivity contribution in [3.63, 3.8) is 0 Å². The highest BCUT2D eigenvalue weighted by molar-refractivity contribution is 6.42. The summed E-state index contributed by atoms with van der Waals surface area (Å²) in [6.07, 6.45) is 4.08. The van der Waals surface area contributed by atoms with Gasteiger partial charge in [-0.2, -0.15) is 0 Å². The summed E-state index contributed by atoms with van der Waals surface area (Å²) in [5.41, 5.74) is 1.22. The van der Waals surface area contributed by atoms with E-state index in [-0.39, 0.29) is 0 Å². The maximum Gasteiger partial charge on any atom is 0.0595 e. The molecule has 0 spiro atoms. The number of rotatable bonds is 7. The van der Waals surface area contributed by atoms with Crippen molar-refractivity contribution in [2.45, 2.75) is 45.6 Å². The molecule has 1 rings (SSSR count). The van der Waals surface area contributed by atoms with Crippen LogP contribution in [0.3, 0.4) is 0 Å². The van der Waals surface area contributed by atoms with Crippen molar-refractivity contribution in [3.8, 4) is 11.8 Å². The highest BCUT2D eigenvalue weighted by atomic mass is 35.5. The zero-order valence-electron chi connectivity index (χ0n) is 11.6. The normalized spacial score (nSPS) is 11.8. The molecule has 0 aromatic heterocycles. The molecule has 1 aromatic rings. The van der Waals surface area contributed by atoms with Crippen LogP contribution in [0.15, 0.2) is 18.2 Å². The van der Waals surface area contributed by atoms with Crippen molar-refractivity contribution in [2.75, 3.05) is 6.54 Å². The Morgan fingerprint density at radius 2 is 2.05 bits per heavy atom. The number of nitrogens with one attached hydrogen (secondary N) is 1. The van der Waals surface area contributed by atoms with Gasteiger partial charge >= 0.3 is 0 Å². The van der Waals surface area contributed by atoms with Crippen LogP contribution in [0.25, 0.3) is 0 Å². The van der Waals surface area contributed by atoms with Gasteiger partial charge in [-0.15, -0.1) is 11.8 Å². The Hall–Kier alpha value is -0.680. The summed E-state index contributed by atoms with van der Waals surface area (Å²) in [7, 11) is 0. The van der Waals surface area contributed by atoms with Crippen molar-refractivity contribution in [2.24, 2.45) is 0 Å². The first-order chi connectivity index (χ1) is 9.17. The van der Waals surface area contributed by atoms with Gasteiger partial charge in [0.15, 0.2) is 0 Å². The Morgan fingerprint density at radius 3 is 2.68 bits per heavy atom. The van der Waals surface area contributed by atoms with Crippen LogP contribution in [0.4, 0.5) is 0 Å². The summed E-state index contributed by atoms with van der Waals surface area (Å²) in [6.45, 7) is 5.09. The van der Waals surface area contributed by atoms with Crippen LogP contribution in [0.1, 0.15) is 38.7 Å². The first kappa shape index (κ1) is 16.4. The van der Waals surface area contributed by atoms with Crippen LogP contribution in [0.2, 0.25) is 10.0 Å². The molecule has 1 N–H and O–H groups in total. The van der Waals surface area contributed by atoms with E-state index < -0.39 is 0 Å². The molecule has 1 unspecified atom stereocenters. The summed E-state index contributed by atoms with van der Waals surface area (Å²) >= 11 is 12.0. The second-order valence-electron chi connectivity index (χ2n) is 4.57. The SMILES string of the molecule is CC#CCCC(Cc1ccc(Cl)c(Cl)c1)NCCC. The summed E-state index contributed by atoms with van der Waals surface area (Å²) < 4.78 is 0. The lowest BCUT2D eigenvalue weighted by atomic mass is 10.0. The van der Waals surface area contributed by atoms with E-state index in [1.807, 2.05) is 25.1 Å². The molecule has 0 amide bonds. The second kappa shape index (κ2) is 9.26. The third-order valence-corrected chi connectivity index (χ3v) is 3.68. The van der Waals surface area contributed by atoms with Crippen molar-refractivity contribution in [1.82, 2.24) is 5.32 Å². The molecule has 104 valence electrons.